The Balaban J connectivity index is 0.000000133. The quantitative estimate of drug-likeness (QED) is 0.167. The van der Waals surface area contributed by atoms with Crippen molar-refractivity contribution >= 4 is 46.9 Å². The van der Waals surface area contributed by atoms with E-state index in [0.717, 1.165) is 51.1 Å². The Morgan fingerprint density at radius 2 is 1.12 bits per heavy atom. The van der Waals surface area contributed by atoms with Crippen LogP contribution in [-0.2, 0) is 9.31 Å². The van der Waals surface area contributed by atoms with E-state index in [0.29, 0.717) is 33.8 Å². The highest BCUT2D eigenvalue weighted by Crippen LogP contribution is 2.36. The summed E-state index contributed by atoms with van der Waals surface area (Å²) in [5, 5.41) is 9.06. The van der Waals surface area contributed by atoms with Gasteiger partial charge in [-0.1, -0.05) is 11.6 Å². The molecule has 0 radical (unpaired) electrons. The summed E-state index contributed by atoms with van der Waals surface area (Å²) in [6.07, 6.45) is 5.92. The summed E-state index contributed by atoms with van der Waals surface area (Å²) in [6.45, 7) is 15.3. The Morgan fingerprint density at radius 3 is 1.70 bits per heavy atom. The summed E-state index contributed by atoms with van der Waals surface area (Å²) in [4.78, 5) is 40.7. The summed E-state index contributed by atoms with van der Waals surface area (Å²) in [5.41, 5.74) is 5.64. The largest absolute Gasteiger partial charge is 0.516 e. The average molecular weight is 781 g/mol. The van der Waals surface area contributed by atoms with Crippen LogP contribution in [0.5, 0.6) is 0 Å². The second-order valence-corrected chi connectivity index (χ2v) is 14.8. The lowest BCUT2D eigenvalue weighted by molar-refractivity contribution is 0.00578. The van der Waals surface area contributed by atoms with Gasteiger partial charge in [-0.05, 0) is 103 Å². The molecule has 9 heterocycles. The molecule has 1 saturated heterocycles. The van der Waals surface area contributed by atoms with E-state index in [1.54, 1.807) is 35.1 Å². The Kier molecular flexibility index (Phi) is 9.80. The molecule has 1 aliphatic rings. The molecular formula is C38H36BClF2N10O4. The molecule has 56 heavy (non-hydrogen) atoms. The zero-order valence-corrected chi connectivity index (χ0v) is 32.5. The fourth-order valence-corrected chi connectivity index (χ4v) is 6.17. The van der Waals surface area contributed by atoms with E-state index < -0.39 is 18.8 Å². The molecule has 9 rings (SSSR count). The smallest absolute Gasteiger partial charge is 0.398 e. The molecular weight excluding hydrogens is 745 g/mol. The van der Waals surface area contributed by atoms with Crippen LogP contribution in [0, 0.1) is 39.3 Å². The molecule has 0 aliphatic carbocycles. The minimum absolute atomic E-state index is 0.115. The van der Waals surface area contributed by atoms with Gasteiger partial charge in [0.2, 0.25) is 0 Å². The SMILES string of the molecule is Cc1cc(F)cn2c(=O)cc(Cl)nc12.Cc1cn2nc(-c3cc(=O)n4cc(F)cc(C)c4n3)ccc2n1.Cc1cn2nc(B3OC(C)(C)C(C)(C)O3)ccc2n1. The maximum absolute atomic E-state index is 13.5. The maximum Gasteiger partial charge on any atom is 0.516 e. The van der Waals surface area contributed by atoms with Gasteiger partial charge in [0.05, 0.1) is 46.3 Å². The van der Waals surface area contributed by atoms with Gasteiger partial charge in [-0.15, -0.1) is 0 Å². The lowest BCUT2D eigenvalue weighted by Gasteiger charge is -2.32. The molecule has 8 aromatic heterocycles. The van der Waals surface area contributed by atoms with E-state index in [9.17, 15) is 18.4 Å². The second kappa shape index (κ2) is 14.3. The van der Waals surface area contributed by atoms with Crippen molar-refractivity contribution in [2.75, 3.05) is 0 Å². The predicted octanol–water partition coefficient (Wildman–Crippen LogP) is 5.29. The third-order valence-electron chi connectivity index (χ3n) is 9.45. The van der Waals surface area contributed by atoms with Crippen molar-refractivity contribution in [3.63, 3.8) is 0 Å². The Bertz CT molecular complexity index is 2930. The van der Waals surface area contributed by atoms with Crippen molar-refractivity contribution in [1.29, 1.82) is 0 Å². The molecule has 0 aromatic carbocycles. The number of nitrogens with zero attached hydrogens (tertiary/aromatic N) is 10. The monoisotopic (exact) mass is 780 g/mol. The van der Waals surface area contributed by atoms with Gasteiger partial charge in [0.1, 0.15) is 33.8 Å². The van der Waals surface area contributed by atoms with Crippen LogP contribution in [0.25, 0.3) is 34.0 Å². The van der Waals surface area contributed by atoms with Gasteiger partial charge in [-0.3, -0.25) is 18.4 Å². The van der Waals surface area contributed by atoms with Crippen LogP contribution in [0.4, 0.5) is 8.78 Å². The first-order chi connectivity index (χ1) is 26.4. The Morgan fingerprint density at radius 1 is 0.625 bits per heavy atom. The fourth-order valence-electron chi connectivity index (χ4n) is 6.00. The number of hydrogen-bond donors (Lipinski definition) is 0. The predicted molar refractivity (Wildman–Crippen MR) is 207 cm³/mol. The lowest BCUT2D eigenvalue weighted by atomic mass is 9.85. The fraction of sp³-hybridized carbons (Fsp3) is 0.263. The van der Waals surface area contributed by atoms with E-state index in [4.69, 9.17) is 20.9 Å². The number of aromatic nitrogens is 10. The zero-order valence-electron chi connectivity index (χ0n) is 31.7. The van der Waals surface area contributed by atoms with Crippen molar-refractivity contribution < 1.29 is 18.1 Å². The summed E-state index contributed by atoms with van der Waals surface area (Å²) in [7, 11) is -0.433. The van der Waals surface area contributed by atoms with E-state index in [1.165, 1.54) is 22.6 Å². The van der Waals surface area contributed by atoms with E-state index in [-0.39, 0.29) is 27.5 Å². The molecule has 0 spiro atoms. The van der Waals surface area contributed by atoms with E-state index in [1.807, 2.05) is 65.9 Å². The van der Waals surface area contributed by atoms with Crippen molar-refractivity contribution in [3.05, 3.63) is 133 Å². The number of fused-ring (bicyclic) bond motifs is 4. The van der Waals surface area contributed by atoms with Gasteiger partial charge in [0.25, 0.3) is 11.1 Å². The van der Waals surface area contributed by atoms with Crippen LogP contribution < -0.4 is 16.7 Å². The summed E-state index contributed by atoms with van der Waals surface area (Å²) < 4.78 is 44.1. The van der Waals surface area contributed by atoms with Crippen LogP contribution in [0.1, 0.15) is 50.2 Å². The highest BCUT2D eigenvalue weighted by molar-refractivity contribution is 6.61. The lowest BCUT2D eigenvalue weighted by Crippen LogP contribution is -2.41. The Labute approximate surface area is 323 Å². The van der Waals surface area contributed by atoms with E-state index >= 15 is 0 Å². The number of hydrogen-bond acceptors (Lipinski definition) is 10. The molecule has 0 atom stereocenters. The number of pyridine rings is 2. The van der Waals surface area contributed by atoms with Gasteiger partial charge in [-0.25, -0.2) is 37.7 Å². The molecule has 0 amide bonds. The topological polar surface area (TPSA) is 148 Å². The number of rotatable bonds is 2. The van der Waals surface area contributed by atoms with Crippen molar-refractivity contribution in [1.82, 2.24) is 48.0 Å². The maximum atomic E-state index is 13.5. The first kappa shape index (κ1) is 38.4. The standard InChI is InChI=1S/C16H12FN5O.C13H18BN3O2.C9H6ClFN2O/c1-9-5-11(17)8-21-15(23)6-13(19-16(9)21)12-3-4-14-18-10(2)7-22(14)20-12;1-9-8-17-11(15-9)7-6-10(16-17)14-18-12(2,3)13(4,5)19-14;1-5-2-6(11)4-13-8(14)3-7(10)12-9(5)13/h3-8H,1-2H3;6-8H,1-5H3;2-4H,1H3. The van der Waals surface area contributed by atoms with Gasteiger partial charge in [0, 0.05) is 24.5 Å². The first-order valence-electron chi connectivity index (χ1n) is 17.4. The van der Waals surface area contributed by atoms with Gasteiger partial charge >= 0.3 is 7.12 Å². The third kappa shape index (κ3) is 7.52. The molecule has 1 fully saturated rings. The van der Waals surface area contributed by atoms with Gasteiger partial charge in [0.15, 0.2) is 11.3 Å². The number of aryl methyl sites for hydroxylation is 4. The molecule has 0 bridgehead atoms. The molecule has 18 heteroatoms. The highest BCUT2D eigenvalue weighted by Gasteiger charge is 2.52. The summed E-state index contributed by atoms with van der Waals surface area (Å²) in [5.74, 6) is -0.943. The molecule has 14 nitrogen and oxygen atoms in total. The van der Waals surface area contributed by atoms with Crippen molar-refractivity contribution in [2.45, 2.75) is 66.6 Å². The second-order valence-electron chi connectivity index (χ2n) is 14.4. The molecule has 286 valence electrons. The highest BCUT2D eigenvalue weighted by atomic mass is 35.5. The average Bonchev–Trinajstić information content (AvgIpc) is 3.75. The van der Waals surface area contributed by atoms with Gasteiger partial charge in [-0.2, -0.15) is 10.2 Å². The number of imidazole rings is 2. The number of halogens is 3. The first-order valence-corrected chi connectivity index (χ1v) is 17.8. The van der Waals surface area contributed by atoms with E-state index in [2.05, 4.69) is 30.1 Å². The minimum atomic E-state index is -0.472. The molecule has 1 aliphatic heterocycles. The molecule has 0 saturated carbocycles. The van der Waals surface area contributed by atoms with Crippen LogP contribution >= 0.6 is 11.6 Å². The molecule has 8 aromatic rings. The molecule has 0 N–H and O–H groups in total. The van der Waals surface area contributed by atoms with Crippen molar-refractivity contribution in [2.24, 2.45) is 0 Å². The minimum Gasteiger partial charge on any atom is -0.398 e. The molecule has 0 unspecified atom stereocenters. The zero-order chi connectivity index (χ0) is 40.3. The van der Waals surface area contributed by atoms with Crippen LogP contribution in [0.2, 0.25) is 5.15 Å². The van der Waals surface area contributed by atoms with Crippen LogP contribution in [-0.4, -0.2) is 66.3 Å². The van der Waals surface area contributed by atoms with Crippen LogP contribution in [0.15, 0.2) is 82.9 Å². The third-order valence-corrected chi connectivity index (χ3v) is 9.64. The Hall–Kier alpha value is -5.91. The summed E-state index contributed by atoms with van der Waals surface area (Å²) in [6, 6.07) is 12.6. The van der Waals surface area contributed by atoms with Crippen molar-refractivity contribution in [3.8, 4) is 11.4 Å². The van der Waals surface area contributed by atoms with Gasteiger partial charge < -0.3 is 9.31 Å². The summed E-state index contributed by atoms with van der Waals surface area (Å²) >= 11 is 5.62. The normalized spacial score (nSPS) is 14.6. The van der Waals surface area contributed by atoms with Crippen LogP contribution in [0.3, 0.4) is 0 Å².